The molecule has 0 saturated carbocycles. The average molecular weight is 434 g/mol. The van der Waals surface area contributed by atoms with Crippen molar-refractivity contribution in [2.45, 2.75) is 22.9 Å². The molecule has 1 atom stereocenters. The van der Waals surface area contributed by atoms with Crippen molar-refractivity contribution < 1.29 is 36.3 Å². The first-order valence-electron chi connectivity index (χ1n) is 2.40. The second-order valence-corrected chi connectivity index (χ2v) is 10.5. The summed E-state index contributed by atoms with van der Waals surface area (Å²) < 4.78 is 47.3. The summed E-state index contributed by atoms with van der Waals surface area (Å²) in [6.07, 6.45) is -4.68. The molecule has 0 fully saturated rings. The molecule has 0 aromatic rings. The molecular weight excluding hydrogens is 429 g/mol. The number of hydrogen-bond donors (Lipinski definition) is 0. The molecule has 0 aliphatic rings. The minimum atomic E-state index is -4.68. The van der Waals surface area contributed by atoms with Crippen LogP contribution in [0.15, 0.2) is 0 Å². The maximum absolute atomic E-state index is 12.5. The van der Waals surface area contributed by atoms with Crippen molar-refractivity contribution in [3.63, 3.8) is 0 Å². The monoisotopic (exact) mass is 436 g/mol. The van der Waals surface area contributed by atoms with E-state index in [9.17, 15) is 17.6 Å². The first kappa shape index (κ1) is 11.3. The molecule has 0 rings (SSSR count). The van der Waals surface area contributed by atoms with Crippen molar-refractivity contribution >= 4 is 18.1 Å². The molecule has 10 heavy (non-hydrogen) atoms. The van der Waals surface area contributed by atoms with Crippen molar-refractivity contribution in [1.29, 1.82) is 0 Å². The molecule has 1 unspecified atom stereocenters. The summed E-state index contributed by atoms with van der Waals surface area (Å²) in [4.78, 5) is 0. The molecule has 0 nitrogen and oxygen atoms in total. The van der Waals surface area contributed by atoms with E-state index in [1.165, 1.54) is 0 Å². The zero-order valence-corrected chi connectivity index (χ0v) is 10.8. The van der Waals surface area contributed by atoms with Crippen LogP contribution in [0, 0.1) is 0 Å². The van der Waals surface area contributed by atoms with Crippen molar-refractivity contribution in [3.8, 4) is 0 Å². The van der Waals surface area contributed by atoms with Crippen molar-refractivity contribution in [3.05, 3.63) is 0 Å². The van der Waals surface area contributed by atoms with Crippen LogP contribution in [0.2, 0.25) is 4.18 Å². The van der Waals surface area contributed by atoms with Gasteiger partial charge in [-0.05, 0) is 0 Å². The number of hydrogen-bond acceptors (Lipinski definition) is 0. The molecule has 0 saturated heterocycles. The molecule has 0 N–H and O–H groups in total. The van der Waals surface area contributed by atoms with E-state index in [-0.39, 0.29) is 4.18 Å². The molecular formula is C4H5F4HfI. The van der Waals surface area contributed by atoms with Gasteiger partial charge in [0.15, 0.2) is 0 Å². The molecule has 0 aliphatic carbocycles. The summed E-state index contributed by atoms with van der Waals surface area (Å²) in [5, 5.41) is 0. The third kappa shape index (κ3) is 3.15. The zero-order chi connectivity index (χ0) is 8.41. The SMILES string of the molecule is CC(F)([CH2][Hf][I])C(F)(F)F. The van der Waals surface area contributed by atoms with Gasteiger partial charge in [0.25, 0.3) is 0 Å². The fourth-order valence-corrected chi connectivity index (χ4v) is 7.71. The summed E-state index contributed by atoms with van der Waals surface area (Å²) in [5.41, 5.74) is -2.93. The van der Waals surface area contributed by atoms with Gasteiger partial charge < -0.3 is 0 Å². The van der Waals surface area contributed by atoms with Gasteiger partial charge in [-0.15, -0.1) is 0 Å². The van der Waals surface area contributed by atoms with Gasteiger partial charge in [-0.25, -0.2) is 0 Å². The predicted molar refractivity (Wildman–Crippen MR) is 34.4 cm³/mol. The molecule has 0 heterocycles. The predicted octanol–water partition coefficient (Wildman–Crippen LogP) is 3.13. The van der Waals surface area contributed by atoms with Gasteiger partial charge in [0.1, 0.15) is 0 Å². The molecule has 0 bridgehead atoms. The van der Waals surface area contributed by atoms with E-state index in [1.54, 1.807) is 0 Å². The molecule has 0 spiro atoms. The Morgan fingerprint density at radius 1 is 1.30 bits per heavy atom. The van der Waals surface area contributed by atoms with E-state index in [0.29, 0.717) is 6.92 Å². The third-order valence-electron chi connectivity index (χ3n) is 0.990. The Kier molecular flexibility index (Phi) is 4.32. The second kappa shape index (κ2) is 3.82. The van der Waals surface area contributed by atoms with Crippen LogP contribution < -0.4 is 0 Å². The summed E-state index contributed by atoms with van der Waals surface area (Å²) in [6, 6.07) is 0. The van der Waals surface area contributed by atoms with Crippen molar-refractivity contribution in [2.24, 2.45) is 0 Å². The number of rotatable bonds is 2. The van der Waals surface area contributed by atoms with Crippen molar-refractivity contribution in [1.82, 2.24) is 0 Å². The van der Waals surface area contributed by atoms with E-state index in [1.807, 2.05) is 18.1 Å². The van der Waals surface area contributed by atoms with Gasteiger partial charge in [-0.2, -0.15) is 0 Å². The first-order valence-corrected chi connectivity index (χ1v) is 15.1. The van der Waals surface area contributed by atoms with E-state index < -0.39 is 30.6 Å². The van der Waals surface area contributed by atoms with Crippen LogP contribution in [0.4, 0.5) is 17.6 Å². The van der Waals surface area contributed by atoms with Gasteiger partial charge in [-0.1, -0.05) is 0 Å². The summed E-state index contributed by atoms with van der Waals surface area (Å²) in [7, 11) is 0. The Labute approximate surface area is 76.9 Å². The van der Waals surface area contributed by atoms with Crippen LogP contribution >= 0.6 is 18.1 Å². The number of alkyl halides is 4. The van der Waals surface area contributed by atoms with Gasteiger partial charge in [0.05, 0.1) is 0 Å². The molecule has 6 heteroatoms. The van der Waals surface area contributed by atoms with E-state index in [2.05, 4.69) is 0 Å². The van der Waals surface area contributed by atoms with Gasteiger partial charge in [0, 0.05) is 0 Å². The molecule has 60 valence electrons. The zero-order valence-electron chi connectivity index (χ0n) is 5.10. The maximum atomic E-state index is 12.5. The topological polar surface area (TPSA) is 0 Å². The quantitative estimate of drug-likeness (QED) is 0.356. The van der Waals surface area contributed by atoms with Gasteiger partial charge >= 0.3 is 77.4 Å². The third-order valence-corrected chi connectivity index (χ3v) is 6.98. The van der Waals surface area contributed by atoms with Gasteiger partial charge in [-0.3, -0.25) is 0 Å². The first-order chi connectivity index (χ1) is 4.31. The normalized spacial score (nSPS) is 18.2. The summed E-state index contributed by atoms with van der Waals surface area (Å²) in [5.74, 6) is 0. The Morgan fingerprint density at radius 3 is 1.80 bits per heavy atom. The Bertz CT molecular complexity index is 110. The Hall–Kier alpha value is 1.32. The number of halogens is 5. The van der Waals surface area contributed by atoms with Crippen LogP contribution in [-0.4, -0.2) is 11.8 Å². The standard InChI is InChI=1S/C4H5F4.Hf.HI/c1-3(2,5)4(6,7)8;;/h1H2,2H3;;1H/q;+1;/p-1. The summed E-state index contributed by atoms with van der Waals surface area (Å²) >= 11 is 0.586. The fourth-order valence-electron chi connectivity index (χ4n) is 0.226. The summed E-state index contributed by atoms with van der Waals surface area (Å²) in [6.45, 7) is 0.610. The molecule has 0 aliphatic heterocycles. The molecule has 0 aromatic carbocycles. The van der Waals surface area contributed by atoms with E-state index in [4.69, 9.17) is 0 Å². The van der Waals surface area contributed by atoms with Crippen LogP contribution in [0.5, 0.6) is 0 Å². The van der Waals surface area contributed by atoms with Gasteiger partial charge in [0.2, 0.25) is 0 Å². The van der Waals surface area contributed by atoms with Crippen LogP contribution in [0.25, 0.3) is 0 Å². The second-order valence-electron chi connectivity index (χ2n) is 2.01. The van der Waals surface area contributed by atoms with Crippen LogP contribution in [0.1, 0.15) is 6.92 Å². The van der Waals surface area contributed by atoms with Crippen LogP contribution in [0.3, 0.4) is 0 Å². The minimum absolute atomic E-state index is 0.281. The molecule has 0 aromatic heterocycles. The molecule has 0 radical (unpaired) electrons. The Balaban J connectivity index is 4.10. The molecule has 0 amide bonds. The van der Waals surface area contributed by atoms with Crippen molar-refractivity contribution in [2.75, 3.05) is 0 Å². The Morgan fingerprint density at radius 2 is 1.70 bits per heavy atom. The van der Waals surface area contributed by atoms with Crippen LogP contribution in [-0.2, 0) is 18.8 Å². The fraction of sp³-hybridized carbons (Fsp3) is 1.00. The average Bonchev–Trinajstić information content (AvgIpc) is 1.61. The van der Waals surface area contributed by atoms with E-state index in [0.717, 1.165) is 0 Å². The van der Waals surface area contributed by atoms with E-state index >= 15 is 0 Å².